The molecule has 3 rings (SSSR count). The fourth-order valence-electron chi connectivity index (χ4n) is 2.78. The average Bonchev–Trinajstić information content (AvgIpc) is 3.05. The fourth-order valence-corrected chi connectivity index (χ4v) is 2.78. The van der Waals surface area contributed by atoms with Crippen molar-refractivity contribution in [1.82, 2.24) is 15.2 Å². The van der Waals surface area contributed by atoms with Crippen LogP contribution in [0.3, 0.4) is 0 Å². The van der Waals surface area contributed by atoms with E-state index in [1.165, 1.54) is 6.07 Å². The monoisotopic (exact) mass is 319 g/mol. The number of cyclic esters (lactones) is 1. The van der Waals surface area contributed by atoms with Crippen LogP contribution >= 0.6 is 0 Å². The van der Waals surface area contributed by atoms with Gasteiger partial charge in [0.25, 0.3) is 0 Å². The standard InChI is InChI=1S/C16H18FN3O3/c1-10-12(11-3-2-4-13(17)15(11)19-10)9-14(21)18-5-6-20-7-8-23-16(20)22/h2-4,19H,5-9H2,1H3,(H,18,21). The zero-order valence-electron chi connectivity index (χ0n) is 12.8. The second-order valence-corrected chi connectivity index (χ2v) is 5.52. The summed E-state index contributed by atoms with van der Waals surface area (Å²) in [5.41, 5.74) is 1.99. The van der Waals surface area contributed by atoms with Gasteiger partial charge in [0.2, 0.25) is 5.91 Å². The van der Waals surface area contributed by atoms with Crippen molar-refractivity contribution >= 4 is 22.9 Å². The Hall–Kier alpha value is -2.57. The fraction of sp³-hybridized carbons (Fsp3) is 0.375. The van der Waals surface area contributed by atoms with Gasteiger partial charge in [-0.1, -0.05) is 12.1 Å². The minimum atomic E-state index is -0.345. The number of H-pyrrole nitrogens is 1. The van der Waals surface area contributed by atoms with Crippen molar-refractivity contribution in [1.29, 1.82) is 0 Å². The van der Waals surface area contributed by atoms with Gasteiger partial charge < -0.3 is 19.9 Å². The Kier molecular flexibility index (Phi) is 4.18. The van der Waals surface area contributed by atoms with Gasteiger partial charge in [0.1, 0.15) is 12.4 Å². The van der Waals surface area contributed by atoms with Crippen LogP contribution in [0.25, 0.3) is 10.9 Å². The van der Waals surface area contributed by atoms with Crippen molar-refractivity contribution < 1.29 is 18.7 Å². The molecule has 0 unspecified atom stereocenters. The van der Waals surface area contributed by atoms with Crippen LogP contribution in [0.4, 0.5) is 9.18 Å². The second-order valence-electron chi connectivity index (χ2n) is 5.52. The van der Waals surface area contributed by atoms with Crippen molar-refractivity contribution in [2.24, 2.45) is 0 Å². The molecular formula is C16H18FN3O3. The molecule has 1 saturated heterocycles. The van der Waals surface area contributed by atoms with E-state index >= 15 is 0 Å². The third-order valence-corrected chi connectivity index (χ3v) is 3.99. The van der Waals surface area contributed by atoms with Gasteiger partial charge in [-0.15, -0.1) is 0 Å². The van der Waals surface area contributed by atoms with E-state index in [1.807, 2.05) is 6.92 Å². The van der Waals surface area contributed by atoms with Gasteiger partial charge in [-0.05, 0) is 18.6 Å². The molecule has 0 bridgehead atoms. The summed E-state index contributed by atoms with van der Waals surface area (Å²) in [6.07, 6.45) is -0.179. The minimum absolute atomic E-state index is 0.161. The lowest BCUT2D eigenvalue weighted by atomic mass is 10.1. The van der Waals surface area contributed by atoms with Crippen molar-refractivity contribution in [3.05, 3.63) is 35.3 Å². The van der Waals surface area contributed by atoms with Crippen LogP contribution in [-0.4, -0.2) is 48.1 Å². The van der Waals surface area contributed by atoms with Crippen molar-refractivity contribution in [2.75, 3.05) is 26.2 Å². The van der Waals surface area contributed by atoms with E-state index in [4.69, 9.17) is 4.74 Å². The Labute approximate surface area is 132 Å². The van der Waals surface area contributed by atoms with Crippen LogP contribution in [0.15, 0.2) is 18.2 Å². The third-order valence-electron chi connectivity index (χ3n) is 3.99. The number of hydrogen-bond donors (Lipinski definition) is 2. The minimum Gasteiger partial charge on any atom is -0.448 e. The molecule has 7 heteroatoms. The first kappa shape index (κ1) is 15.3. The summed E-state index contributed by atoms with van der Waals surface area (Å²) < 4.78 is 18.6. The smallest absolute Gasteiger partial charge is 0.409 e. The molecule has 1 aromatic carbocycles. The van der Waals surface area contributed by atoms with Gasteiger partial charge in [-0.25, -0.2) is 9.18 Å². The molecular weight excluding hydrogens is 301 g/mol. The zero-order valence-corrected chi connectivity index (χ0v) is 12.8. The van der Waals surface area contributed by atoms with Crippen LogP contribution in [0.1, 0.15) is 11.3 Å². The maximum absolute atomic E-state index is 13.7. The van der Waals surface area contributed by atoms with E-state index < -0.39 is 0 Å². The molecule has 1 aromatic heterocycles. The summed E-state index contributed by atoms with van der Waals surface area (Å²) in [6, 6.07) is 4.81. The molecule has 0 atom stereocenters. The molecule has 2 aromatic rings. The molecule has 2 heterocycles. The molecule has 2 N–H and O–H groups in total. The average molecular weight is 319 g/mol. The summed E-state index contributed by atoms with van der Waals surface area (Å²) >= 11 is 0. The molecule has 23 heavy (non-hydrogen) atoms. The number of aromatic nitrogens is 1. The second kappa shape index (κ2) is 6.28. The highest BCUT2D eigenvalue weighted by Crippen LogP contribution is 2.24. The third kappa shape index (κ3) is 3.13. The Balaban J connectivity index is 1.61. The lowest BCUT2D eigenvalue weighted by molar-refractivity contribution is -0.120. The largest absolute Gasteiger partial charge is 0.448 e. The number of rotatable bonds is 5. The van der Waals surface area contributed by atoms with E-state index in [-0.39, 0.29) is 24.2 Å². The number of aromatic amines is 1. The van der Waals surface area contributed by atoms with E-state index in [2.05, 4.69) is 10.3 Å². The normalized spacial score (nSPS) is 14.3. The summed E-state index contributed by atoms with van der Waals surface area (Å²) in [5.74, 6) is -0.490. The first-order valence-corrected chi connectivity index (χ1v) is 7.50. The first-order valence-electron chi connectivity index (χ1n) is 7.50. The number of ether oxygens (including phenoxy) is 1. The molecule has 0 aliphatic carbocycles. The summed E-state index contributed by atoms with van der Waals surface area (Å²) in [5, 5.41) is 3.50. The number of para-hydroxylation sites is 1. The molecule has 1 aliphatic heterocycles. The van der Waals surface area contributed by atoms with E-state index in [0.717, 1.165) is 16.6 Å². The van der Waals surface area contributed by atoms with Crippen LogP contribution in [0.5, 0.6) is 0 Å². The predicted octanol–water partition coefficient (Wildman–Crippen LogP) is 1.73. The van der Waals surface area contributed by atoms with Gasteiger partial charge in [0.05, 0.1) is 18.5 Å². The number of fused-ring (bicyclic) bond motifs is 1. The summed E-state index contributed by atoms with van der Waals surface area (Å²) in [6.45, 7) is 3.56. The number of nitrogens with zero attached hydrogens (tertiary/aromatic N) is 1. The Morgan fingerprint density at radius 3 is 3.04 bits per heavy atom. The SMILES string of the molecule is Cc1[nH]c2c(F)cccc2c1CC(=O)NCCN1CCOC1=O. The topological polar surface area (TPSA) is 74.4 Å². The van der Waals surface area contributed by atoms with E-state index in [0.29, 0.717) is 31.8 Å². The van der Waals surface area contributed by atoms with Gasteiger partial charge in [-0.2, -0.15) is 0 Å². The Morgan fingerprint density at radius 1 is 1.48 bits per heavy atom. The number of benzene rings is 1. The number of amides is 2. The Morgan fingerprint density at radius 2 is 2.30 bits per heavy atom. The molecule has 1 aliphatic rings. The van der Waals surface area contributed by atoms with Gasteiger partial charge in [0, 0.05) is 24.2 Å². The number of aryl methyl sites for hydroxylation is 1. The molecule has 2 amide bonds. The van der Waals surface area contributed by atoms with Crippen molar-refractivity contribution in [3.8, 4) is 0 Å². The molecule has 6 nitrogen and oxygen atoms in total. The highest BCUT2D eigenvalue weighted by atomic mass is 19.1. The highest BCUT2D eigenvalue weighted by molar-refractivity contribution is 5.90. The van der Waals surface area contributed by atoms with E-state index in [9.17, 15) is 14.0 Å². The first-order chi connectivity index (χ1) is 11.1. The van der Waals surface area contributed by atoms with Crippen LogP contribution in [0, 0.1) is 12.7 Å². The maximum Gasteiger partial charge on any atom is 0.409 e. The predicted molar refractivity (Wildman–Crippen MR) is 82.6 cm³/mol. The van der Waals surface area contributed by atoms with Gasteiger partial charge in [-0.3, -0.25) is 4.79 Å². The lowest BCUT2D eigenvalue weighted by Crippen LogP contribution is -2.36. The van der Waals surface area contributed by atoms with Crippen LogP contribution < -0.4 is 5.32 Å². The number of carbonyl (C=O) groups excluding carboxylic acids is 2. The Bertz CT molecular complexity index is 756. The number of nitrogens with one attached hydrogen (secondary N) is 2. The lowest BCUT2D eigenvalue weighted by Gasteiger charge is -2.12. The van der Waals surface area contributed by atoms with Gasteiger partial charge >= 0.3 is 6.09 Å². The van der Waals surface area contributed by atoms with Gasteiger partial charge in [0.15, 0.2) is 0 Å². The molecule has 0 radical (unpaired) electrons. The molecule has 122 valence electrons. The number of halogens is 1. The number of hydrogen-bond acceptors (Lipinski definition) is 3. The zero-order chi connectivity index (χ0) is 16.4. The molecule has 1 fully saturated rings. The summed E-state index contributed by atoms with van der Waals surface area (Å²) in [7, 11) is 0. The van der Waals surface area contributed by atoms with Crippen molar-refractivity contribution in [2.45, 2.75) is 13.3 Å². The van der Waals surface area contributed by atoms with E-state index in [1.54, 1.807) is 17.0 Å². The summed E-state index contributed by atoms with van der Waals surface area (Å²) in [4.78, 5) is 27.9. The number of carbonyl (C=O) groups is 2. The molecule has 0 saturated carbocycles. The maximum atomic E-state index is 13.7. The van der Waals surface area contributed by atoms with Crippen LogP contribution in [-0.2, 0) is 16.0 Å². The van der Waals surface area contributed by atoms with Crippen LogP contribution in [0.2, 0.25) is 0 Å². The van der Waals surface area contributed by atoms with Crippen molar-refractivity contribution in [3.63, 3.8) is 0 Å². The highest BCUT2D eigenvalue weighted by Gasteiger charge is 2.21. The quantitative estimate of drug-likeness (QED) is 0.881. The molecule has 0 spiro atoms.